The van der Waals surface area contributed by atoms with Gasteiger partial charge in [0, 0.05) is 22.6 Å². The van der Waals surface area contributed by atoms with E-state index in [0.29, 0.717) is 32.5 Å². The highest BCUT2D eigenvalue weighted by molar-refractivity contribution is 6.13. The van der Waals surface area contributed by atoms with Gasteiger partial charge in [-0.1, -0.05) is 55.1 Å². The van der Waals surface area contributed by atoms with Gasteiger partial charge in [0.2, 0.25) is 0 Å². The predicted octanol–water partition coefficient (Wildman–Crippen LogP) is 3.75. The van der Waals surface area contributed by atoms with Crippen LogP contribution in [0.25, 0.3) is 22.2 Å². The number of carbonyl (C=O) groups excluding carboxylic acids is 1. The first kappa shape index (κ1) is 20.9. The summed E-state index contributed by atoms with van der Waals surface area (Å²) >= 11 is 0. The van der Waals surface area contributed by atoms with Crippen LogP contribution in [0.15, 0.2) is 91.5 Å². The van der Waals surface area contributed by atoms with Crippen LogP contribution in [0.3, 0.4) is 0 Å². The van der Waals surface area contributed by atoms with E-state index in [4.69, 9.17) is 15.5 Å². The molecule has 1 amide bonds. The third-order valence-electron chi connectivity index (χ3n) is 5.20. The number of amides is 1. The van der Waals surface area contributed by atoms with E-state index < -0.39 is 11.9 Å². The smallest absolute Gasteiger partial charge is 0.255 e. The standard InChI is InChI=1S/C25H22N4O3/c1-16(32-2)23(18-11-8-14-29(31)15-18)28-25(30)21-19-12-6-7-13-20(19)27-24(22(21)26)17-9-4-3-5-10-17/h3-15,23H,1,26H2,2H3,(H,28,30). The Morgan fingerprint density at radius 1 is 1.12 bits per heavy atom. The van der Waals surface area contributed by atoms with Crippen molar-refractivity contribution in [2.24, 2.45) is 0 Å². The first-order chi connectivity index (χ1) is 15.5. The molecule has 0 saturated carbocycles. The normalized spacial score (nSPS) is 11.7. The second-order valence-corrected chi connectivity index (χ2v) is 7.21. The highest BCUT2D eigenvalue weighted by atomic mass is 16.5. The maximum atomic E-state index is 13.6. The lowest BCUT2D eigenvalue weighted by molar-refractivity contribution is -0.605. The number of para-hydroxylation sites is 1. The van der Waals surface area contributed by atoms with E-state index in [1.54, 1.807) is 18.2 Å². The number of methoxy groups -OCH3 is 1. The fourth-order valence-electron chi connectivity index (χ4n) is 3.60. The third-order valence-corrected chi connectivity index (χ3v) is 5.20. The lowest BCUT2D eigenvalue weighted by Gasteiger charge is -2.21. The summed E-state index contributed by atoms with van der Waals surface area (Å²) in [6, 6.07) is 19.3. The van der Waals surface area contributed by atoms with E-state index in [2.05, 4.69) is 11.9 Å². The zero-order valence-corrected chi connectivity index (χ0v) is 17.5. The molecule has 0 radical (unpaired) electrons. The minimum atomic E-state index is -0.750. The van der Waals surface area contributed by atoms with Gasteiger partial charge >= 0.3 is 0 Å². The van der Waals surface area contributed by atoms with Gasteiger partial charge in [-0.25, -0.2) is 4.98 Å². The molecule has 2 heterocycles. The molecule has 1 unspecified atom stereocenters. The summed E-state index contributed by atoms with van der Waals surface area (Å²) < 4.78 is 5.94. The summed E-state index contributed by atoms with van der Waals surface area (Å²) in [6.45, 7) is 3.88. The maximum absolute atomic E-state index is 13.6. The van der Waals surface area contributed by atoms with Crippen LogP contribution >= 0.6 is 0 Å². The minimum Gasteiger partial charge on any atom is -0.619 e. The van der Waals surface area contributed by atoms with Crippen LogP contribution in [0.2, 0.25) is 0 Å². The average Bonchev–Trinajstić information content (AvgIpc) is 2.82. The third kappa shape index (κ3) is 3.96. The number of benzene rings is 2. The fourth-order valence-corrected chi connectivity index (χ4v) is 3.60. The highest BCUT2D eigenvalue weighted by Gasteiger charge is 2.25. The summed E-state index contributed by atoms with van der Waals surface area (Å²) in [5, 5.41) is 15.3. The number of carbonyl (C=O) groups is 1. The fraction of sp³-hybridized carbons (Fsp3) is 0.0800. The minimum absolute atomic E-state index is 0.265. The van der Waals surface area contributed by atoms with Crippen LogP contribution in [-0.4, -0.2) is 18.0 Å². The van der Waals surface area contributed by atoms with Crippen molar-refractivity contribution in [3.05, 3.63) is 108 Å². The van der Waals surface area contributed by atoms with Crippen molar-refractivity contribution < 1.29 is 14.3 Å². The molecule has 0 aliphatic carbocycles. The van der Waals surface area contributed by atoms with Gasteiger partial charge in [0.05, 0.1) is 29.6 Å². The monoisotopic (exact) mass is 426 g/mol. The van der Waals surface area contributed by atoms with Gasteiger partial charge in [-0.05, 0) is 12.1 Å². The Bertz CT molecular complexity index is 1310. The van der Waals surface area contributed by atoms with E-state index in [1.807, 2.05) is 48.5 Å². The lowest BCUT2D eigenvalue weighted by Crippen LogP contribution is -2.33. The Kier molecular flexibility index (Phi) is 5.72. The van der Waals surface area contributed by atoms with E-state index in [9.17, 15) is 10.0 Å². The van der Waals surface area contributed by atoms with Crippen molar-refractivity contribution in [3.63, 3.8) is 0 Å². The topological polar surface area (TPSA) is 104 Å². The summed E-state index contributed by atoms with van der Waals surface area (Å²) in [4.78, 5) is 18.2. The number of pyridine rings is 2. The van der Waals surface area contributed by atoms with Crippen LogP contribution in [-0.2, 0) is 4.74 Å². The molecule has 0 aliphatic rings. The largest absolute Gasteiger partial charge is 0.619 e. The van der Waals surface area contributed by atoms with Crippen LogP contribution in [0.5, 0.6) is 0 Å². The molecule has 4 aromatic rings. The molecule has 0 fully saturated rings. The van der Waals surface area contributed by atoms with E-state index >= 15 is 0 Å². The molecule has 7 heteroatoms. The lowest BCUT2D eigenvalue weighted by atomic mass is 10.00. The number of ether oxygens (including phenoxy) is 1. The van der Waals surface area contributed by atoms with Crippen LogP contribution in [0.1, 0.15) is 22.0 Å². The molecule has 3 N–H and O–H groups in total. The van der Waals surface area contributed by atoms with Gasteiger partial charge in [-0.2, -0.15) is 4.73 Å². The number of aromatic nitrogens is 2. The maximum Gasteiger partial charge on any atom is 0.255 e. The number of nitrogens with zero attached hydrogens (tertiary/aromatic N) is 2. The first-order valence-corrected chi connectivity index (χ1v) is 9.95. The van der Waals surface area contributed by atoms with Crippen molar-refractivity contribution >= 4 is 22.5 Å². The number of nitrogens with one attached hydrogen (secondary N) is 1. The van der Waals surface area contributed by atoms with Gasteiger partial charge in [0.25, 0.3) is 5.91 Å². The molecule has 160 valence electrons. The molecule has 7 nitrogen and oxygen atoms in total. The molecule has 32 heavy (non-hydrogen) atoms. The zero-order valence-electron chi connectivity index (χ0n) is 17.5. The molecule has 0 aliphatic heterocycles. The van der Waals surface area contributed by atoms with Crippen LogP contribution < -0.4 is 15.8 Å². The van der Waals surface area contributed by atoms with Crippen molar-refractivity contribution in [2.45, 2.75) is 6.04 Å². The molecular formula is C25H22N4O3. The van der Waals surface area contributed by atoms with E-state index in [-0.39, 0.29) is 11.4 Å². The molecule has 0 spiro atoms. The van der Waals surface area contributed by atoms with Crippen molar-refractivity contribution in [2.75, 3.05) is 12.8 Å². The number of fused-ring (bicyclic) bond motifs is 1. The molecule has 1 atom stereocenters. The van der Waals surface area contributed by atoms with Gasteiger partial charge < -0.3 is 21.0 Å². The molecule has 2 aromatic carbocycles. The SMILES string of the molecule is C=C(OC)C(NC(=O)c1c(N)c(-c2ccccc2)nc2ccccc12)c1ccc[n+]([O-])c1. The number of hydrogen-bond donors (Lipinski definition) is 2. The number of nitrogens with two attached hydrogens (primary N) is 1. The Hall–Kier alpha value is -4.39. The summed E-state index contributed by atoms with van der Waals surface area (Å²) in [7, 11) is 1.46. The Morgan fingerprint density at radius 2 is 1.84 bits per heavy atom. The molecule has 0 saturated heterocycles. The quantitative estimate of drug-likeness (QED) is 0.278. The average molecular weight is 426 g/mol. The first-order valence-electron chi connectivity index (χ1n) is 9.95. The predicted molar refractivity (Wildman–Crippen MR) is 123 cm³/mol. The Balaban J connectivity index is 1.83. The van der Waals surface area contributed by atoms with Crippen molar-refractivity contribution in [3.8, 4) is 11.3 Å². The molecule has 4 rings (SSSR count). The number of nitrogen functional groups attached to an aromatic ring is 1. The van der Waals surface area contributed by atoms with Crippen molar-refractivity contribution in [1.29, 1.82) is 0 Å². The van der Waals surface area contributed by atoms with Crippen LogP contribution in [0.4, 0.5) is 5.69 Å². The summed E-state index contributed by atoms with van der Waals surface area (Å²) in [5.74, 6) is -0.146. The number of anilines is 1. The Morgan fingerprint density at radius 3 is 2.56 bits per heavy atom. The van der Waals surface area contributed by atoms with Gasteiger partial charge in [0.15, 0.2) is 12.4 Å². The van der Waals surface area contributed by atoms with Crippen LogP contribution in [0, 0.1) is 5.21 Å². The van der Waals surface area contributed by atoms with Gasteiger partial charge in [-0.15, -0.1) is 0 Å². The zero-order chi connectivity index (χ0) is 22.7. The van der Waals surface area contributed by atoms with Crippen molar-refractivity contribution in [1.82, 2.24) is 10.3 Å². The highest BCUT2D eigenvalue weighted by Crippen LogP contribution is 2.33. The summed E-state index contributed by atoms with van der Waals surface area (Å²) in [5.41, 5.74) is 9.56. The number of hydrogen-bond acceptors (Lipinski definition) is 5. The second-order valence-electron chi connectivity index (χ2n) is 7.21. The second kappa shape index (κ2) is 8.77. The van der Waals surface area contributed by atoms with Gasteiger partial charge in [0.1, 0.15) is 11.8 Å². The van der Waals surface area contributed by atoms with E-state index in [1.165, 1.54) is 19.5 Å². The Labute approximate surface area is 185 Å². The number of rotatable bonds is 6. The van der Waals surface area contributed by atoms with E-state index in [0.717, 1.165) is 5.56 Å². The molecule has 2 aromatic heterocycles. The molecular weight excluding hydrogens is 404 g/mol. The summed E-state index contributed by atoms with van der Waals surface area (Å²) in [6.07, 6.45) is 2.72. The van der Waals surface area contributed by atoms with Gasteiger partial charge in [-0.3, -0.25) is 4.79 Å². The molecule has 0 bridgehead atoms.